The highest BCUT2D eigenvalue weighted by Crippen LogP contribution is 2.25. The number of aromatic amines is 1. The number of nitrogens with one attached hydrogen (secondary N) is 3. The molecule has 184 valence electrons. The Bertz CT molecular complexity index is 1460. The molecule has 1 saturated heterocycles. The summed E-state index contributed by atoms with van der Waals surface area (Å²) in [6, 6.07) is 22.4. The Morgan fingerprint density at radius 1 is 0.944 bits per heavy atom. The first kappa shape index (κ1) is 23.6. The van der Waals surface area contributed by atoms with Crippen molar-refractivity contribution in [3.63, 3.8) is 0 Å². The van der Waals surface area contributed by atoms with Crippen molar-refractivity contribution >= 4 is 34.2 Å². The number of nitrogens with zero attached hydrogens (tertiary/aromatic N) is 2. The van der Waals surface area contributed by atoms with Crippen molar-refractivity contribution in [2.24, 2.45) is 0 Å². The van der Waals surface area contributed by atoms with Crippen LogP contribution < -0.4 is 16.3 Å². The predicted octanol–water partition coefficient (Wildman–Crippen LogP) is 4.17. The number of para-hydroxylation sites is 3. The number of aryl methyl sites for hydroxylation is 1. The van der Waals surface area contributed by atoms with Crippen LogP contribution in [0, 0.1) is 6.92 Å². The summed E-state index contributed by atoms with van der Waals surface area (Å²) in [7, 11) is 0. The smallest absolute Gasteiger partial charge is 0.324 e. The molecular formula is C28H29N5O3. The molecule has 8 nitrogen and oxygen atoms in total. The van der Waals surface area contributed by atoms with Crippen LogP contribution in [-0.2, 0) is 4.79 Å². The normalized spacial score (nSPS) is 14.6. The molecule has 1 aliphatic rings. The van der Waals surface area contributed by atoms with Crippen molar-refractivity contribution < 1.29 is 9.59 Å². The first-order valence-corrected chi connectivity index (χ1v) is 12.2. The van der Waals surface area contributed by atoms with Gasteiger partial charge in [0, 0.05) is 24.8 Å². The van der Waals surface area contributed by atoms with Gasteiger partial charge in [0.15, 0.2) is 0 Å². The van der Waals surface area contributed by atoms with E-state index in [1.807, 2.05) is 60.0 Å². The molecule has 2 heterocycles. The van der Waals surface area contributed by atoms with E-state index < -0.39 is 0 Å². The number of benzene rings is 3. The number of H-pyrrole nitrogens is 1. The van der Waals surface area contributed by atoms with Gasteiger partial charge in [-0.3, -0.25) is 19.1 Å². The zero-order valence-electron chi connectivity index (χ0n) is 20.2. The monoisotopic (exact) mass is 483 g/mol. The number of aromatic nitrogens is 2. The molecule has 36 heavy (non-hydrogen) atoms. The molecule has 1 aliphatic heterocycles. The lowest BCUT2D eigenvalue weighted by Crippen LogP contribution is -2.41. The molecule has 3 aromatic carbocycles. The minimum absolute atomic E-state index is 0.0899. The zero-order chi connectivity index (χ0) is 25.1. The molecule has 1 fully saturated rings. The SMILES string of the molecule is Cc1cccc(NC(=O)c2ccccc2NC(=O)CN2CCC(n3c(=O)[nH]c4ccccc43)CC2)c1. The van der Waals surface area contributed by atoms with Crippen molar-refractivity contribution in [3.8, 4) is 0 Å². The third-order valence-electron chi connectivity index (χ3n) is 6.64. The number of carbonyl (C=O) groups is 2. The minimum Gasteiger partial charge on any atom is -0.324 e. The van der Waals surface area contributed by atoms with Crippen molar-refractivity contribution in [3.05, 3.63) is 94.4 Å². The fraction of sp³-hybridized carbons (Fsp3) is 0.250. The van der Waals surface area contributed by atoms with Crippen molar-refractivity contribution in [2.75, 3.05) is 30.3 Å². The number of amides is 2. The number of fused-ring (bicyclic) bond motifs is 1. The van der Waals surface area contributed by atoms with Crippen LogP contribution in [0.4, 0.5) is 11.4 Å². The molecule has 3 N–H and O–H groups in total. The Labute approximate surface area is 208 Å². The topological polar surface area (TPSA) is 99.2 Å². The number of carbonyl (C=O) groups excluding carboxylic acids is 2. The van der Waals surface area contributed by atoms with E-state index in [9.17, 15) is 14.4 Å². The lowest BCUT2D eigenvalue weighted by atomic mass is 10.0. The molecule has 5 rings (SSSR count). The van der Waals surface area contributed by atoms with E-state index in [0.29, 0.717) is 30.0 Å². The molecular weight excluding hydrogens is 454 g/mol. The molecule has 0 saturated carbocycles. The fourth-order valence-corrected chi connectivity index (χ4v) is 4.88. The van der Waals surface area contributed by atoms with Gasteiger partial charge in [0.2, 0.25) is 5.91 Å². The molecule has 1 aromatic heterocycles. The van der Waals surface area contributed by atoms with Crippen LogP contribution in [0.1, 0.15) is 34.8 Å². The first-order valence-electron chi connectivity index (χ1n) is 12.2. The van der Waals surface area contributed by atoms with Crippen LogP contribution in [0.5, 0.6) is 0 Å². The second-order valence-corrected chi connectivity index (χ2v) is 9.24. The first-order chi connectivity index (χ1) is 17.5. The quantitative estimate of drug-likeness (QED) is 0.383. The van der Waals surface area contributed by atoms with E-state index in [0.717, 1.165) is 29.4 Å². The van der Waals surface area contributed by atoms with E-state index in [1.165, 1.54) is 0 Å². The van der Waals surface area contributed by atoms with E-state index in [-0.39, 0.29) is 30.1 Å². The van der Waals surface area contributed by atoms with Gasteiger partial charge in [-0.25, -0.2) is 4.79 Å². The van der Waals surface area contributed by atoms with Gasteiger partial charge in [0.25, 0.3) is 5.91 Å². The van der Waals surface area contributed by atoms with Gasteiger partial charge in [0.1, 0.15) is 0 Å². The van der Waals surface area contributed by atoms with Gasteiger partial charge in [-0.15, -0.1) is 0 Å². The van der Waals surface area contributed by atoms with E-state index in [2.05, 4.69) is 20.5 Å². The molecule has 4 aromatic rings. The van der Waals surface area contributed by atoms with Crippen LogP contribution in [0.3, 0.4) is 0 Å². The summed E-state index contributed by atoms with van der Waals surface area (Å²) in [4.78, 5) is 43.3. The van der Waals surface area contributed by atoms with Gasteiger partial charge >= 0.3 is 5.69 Å². The minimum atomic E-state index is -0.276. The van der Waals surface area contributed by atoms with Crippen LogP contribution in [0.25, 0.3) is 11.0 Å². The average molecular weight is 484 g/mol. The summed E-state index contributed by atoms with van der Waals surface area (Å²) in [5.41, 5.74) is 4.31. The number of hydrogen-bond donors (Lipinski definition) is 3. The van der Waals surface area contributed by atoms with Gasteiger partial charge in [-0.2, -0.15) is 0 Å². The Kier molecular flexibility index (Phi) is 6.69. The number of imidazole rings is 1. The third kappa shape index (κ3) is 5.08. The van der Waals surface area contributed by atoms with Crippen LogP contribution in [0.15, 0.2) is 77.6 Å². The van der Waals surface area contributed by atoms with Crippen LogP contribution >= 0.6 is 0 Å². The standard InChI is InChI=1S/C28H29N5O3/c1-19-7-6-8-20(17-19)29-27(35)22-9-2-3-10-23(22)30-26(34)18-32-15-13-21(14-16-32)33-25-12-5-4-11-24(25)31-28(33)36/h2-12,17,21H,13-16,18H2,1H3,(H,29,35)(H,30,34)(H,31,36). The summed E-state index contributed by atoms with van der Waals surface area (Å²) >= 11 is 0. The van der Waals surface area contributed by atoms with Gasteiger partial charge < -0.3 is 15.6 Å². The van der Waals surface area contributed by atoms with Crippen LogP contribution in [0.2, 0.25) is 0 Å². The lowest BCUT2D eigenvalue weighted by molar-refractivity contribution is -0.117. The van der Waals surface area contributed by atoms with E-state index >= 15 is 0 Å². The maximum atomic E-state index is 12.9. The number of likely N-dealkylation sites (tertiary alicyclic amines) is 1. The van der Waals surface area contributed by atoms with E-state index in [1.54, 1.807) is 24.3 Å². The van der Waals surface area contributed by atoms with E-state index in [4.69, 9.17) is 0 Å². The summed E-state index contributed by atoms with van der Waals surface area (Å²) in [5.74, 6) is -0.449. The van der Waals surface area contributed by atoms with Crippen LogP contribution in [-0.4, -0.2) is 45.9 Å². The number of rotatable bonds is 6. The Morgan fingerprint density at radius 3 is 2.50 bits per heavy atom. The number of hydrogen-bond acceptors (Lipinski definition) is 4. The Morgan fingerprint density at radius 2 is 1.69 bits per heavy atom. The highest BCUT2D eigenvalue weighted by molar-refractivity contribution is 6.10. The highest BCUT2D eigenvalue weighted by Gasteiger charge is 2.25. The second kappa shape index (κ2) is 10.2. The largest absolute Gasteiger partial charge is 0.326 e. The average Bonchev–Trinajstić information content (AvgIpc) is 3.20. The van der Waals surface area contributed by atoms with Gasteiger partial charge in [-0.1, -0.05) is 36.4 Å². The molecule has 0 spiro atoms. The van der Waals surface area contributed by atoms with Gasteiger partial charge in [-0.05, 0) is 61.7 Å². The maximum Gasteiger partial charge on any atom is 0.326 e. The molecule has 0 atom stereocenters. The molecule has 0 aliphatic carbocycles. The van der Waals surface area contributed by atoms with Crippen molar-refractivity contribution in [1.29, 1.82) is 0 Å². The Hall–Kier alpha value is -4.17. The molecule has 2 amide bonds. The number of piperidine rings is 1. The Balaban J connectivity index is 1.19. The predicted molar refractivity (Wildman–Crippen MR) is 141 cm³/mol. The lowest BCUT2D eigenvalue weighted by Gasteiger charge is -2.32. The zero-order valence-corrected chi connectivity index (χ0v) is 20.2. The molecule has 0 radical (unpaired) electrons. The maximum absolute atomic E-state index is 12.9. The molecule has 0 unspecified atom stereocenters. The summed E-state index contributed by atoms with van der Waals surface area (Å²) in [5, 5.41) is 5.80. The summed E-state index contributed by atoms with van der Waals surface area (Å²) < 4.78 is 1.84. The fourth-order valence-electron chi connectivity index (χ4n) is 4.88. The van der Waals surface area contributed by atoms with Crippen molar-refractivity contribution in [2.45, 2.75) is 25.8 Å². The highest BCUT2D eigenvalue weighted by atomic mass is 16.2. The van der Waals surface area contributed by atoms with Gasteiger partial charge in [0.05, 0.1) is 28.8 Å². The second-order valence-electron chi connectivity index (χ2n) is 9.24. The number of anilines is 2. The van der Waals surface area contributed by atoms with Crippen molar-refractivity contribution in [1.82, 2.24) is 14.5 Å². The molecule has 0 bridgehead atoms. The molecule has 8 heteroatoms. The summed E-state index contributed by atoms with van der Waals surface area (Å²) in [6.45, 7) is 3.60. The third-order valence-corrected chi connectivity index (χ3v) is 6.64. The summed E-state index contributed by atoms with van der Waals surface area (Å²) in [6.07, 6.45) is 1.56.